The number of nitriles is 1. The first-order valence-electron chi connectivity index (χ1n) is 7.75. The summed E-state index contributed by atoms with van der Waals surface area (Å²) in [6, 6.07) is 13.0. The molecule has 3 rings (SSSR count). The largest absolute Gasteiger partial charge is 0.416 e. The van der Waals surface area contributed by atoms with Crippen LogP contribution in [0.25, 0.3) is 12.2 Å². The van der Waals surface area contributed by atoms with E-state index in [9.17, 15) is 23.2 Å². The SMILES string of the molecule is N#CC1C=Cc2ccccc2N1C(=O)/C=C/c1ccc(C(F)(F)F)cc1. The highest BCUT2D eigenvalue weighted by molar-refractivity contribution is 6.06. The van der Waals surface area contributed by atoms with Crippen LogP contribution in [-0.2, 0) is 11.0 Å². The van der Waals surface area contributed by atoms with E-state index < -0.39 is 23.7 Å². The number of hydrogen-bond acceptors (Lipinski definition) is 2. The Hall–Kier alpha value is -3.33. The molecule has 2 aromatic rings. The van der Waals surface area contributed by atoms with Crippen LogP contribution in [-0.4, -0.2) is 11.9 Å². The van der Waals surface area contributed by atoms with Crippen LogP contribution in [0, 0.1) is 11.3 Å². The van der Waals surface area contributed by atoms with Crippen molar-refractivity contribution < 1.29 is 18.0 Å². The summed E-state index contributed by atoms with van der Waals surface area (Å²) in [7, 11) is 0. The lowest BCUT2D eigenvalue weighted by Gasteiger charge is -2.29. The van der Waals surface area contributed by atoms with Crippen LogP contribution >= 0.6 is 0 Å². The number of amides is 1. The van der Waals surface area contributed by atoms with Crippen molar-refractivity contribution in [2.75, 3.05) is 4.90 Å². The summed E-state index contributed by atoms with van der Waals surface area (Å²) in [5.41, 5.74) is 1.14. The lowest BCUT2D eigenvalue weighted by atomic mass is 10.0. The fourth-order valence-electron chi connectivity index (χ4n) is 2.67. The Morgan fingerprint density at radius 1 is 1.12 bits per heavy atom. The predicted molar refractivity (Wildman–Crippen MR) is 92.8 cm³/mol. The maximum atomic E-state index is 12.6. The van der Waals surface area contributed by atoms with Gasteiger partial charge in [-0.05, 0) is 41.5 Å². The van der Waals surface area contributed by atoms with Crippen LogP contribution in [0.4, 0.5) is 18.9 Å². The standard InChI is InChI=1S/C20H13F3N2O/c21-20(22,23)16-9-5-14(6-10-16)7-12-19(26)25-17(13-24)11-8-15-3-1-2-4-18(15)25/h1-12,17H/b12-7+. The highest BCUT2D eigenvalue weighted by Crippen LogP contribution is 2.30. The molecular formula is C20H13F3N2O. The molecule has 0 aromatic heterocycles. The van der Waals surface area contributed by atoms with E-state index in [0.717, 1.165) is 17.7 Å². The van der Waals surface area contributed by atoms with Crippen molar-refractivity contribution in [2.45, 2.75) is 12.2 Å². The van der Waals surface area contributed by atoms with Gasteiger partial charge >= 0.3 is 6.18 Å². The van der Waals surface area contributed by atoms with Crippen molar-refractivity contribution in [3.8, 4) is 6.07 Å². The van der Waals surface area contributed by atoms with Gasteiger partial charge in [-0.25, -0.2) is 0 Å². The second-order valence-electron chi connectivity index (χ2n) is 5.65. The van der Waals surface area contributed by atoms with Crippen LogP contribution in [0.1, 0.15) is 16.7 Å². The topological polar surface area (TPSA) is 44.1 Å². The van der Waals surface area contributed by atoms with Crippen LogP contribution < -0.4 is 4.90 Å². The summed E-state index contributed by atoms with van der Waals surface area (Å²) in [4.78, 5) is 14.0. The zero-order valence-electron chi connectivity index (χ0n) is 13.4. The van der Waals surface area contributed by atoms with Crippen LogP contribution in [0.3, 0.4) is 0 Å². The Bertz CT molecular complexity index is 921. The van der Waals surface area contributed by atoms with Crippen LogP contribution in [0.15, 0.2) is 60.7 Å². The van der Waals surface area contributed by atoms with Gasteiger partial charge in [-0.2, -0.15) is 18.4 Å². The van der Waals surface area contributed by atoms with Crippen molar-refractivity contribution in [3.05, 3.63) is 77.4 Å². The van der Waals surface area contributed by atoms with Crippen LogP contribution in [0.2, 0.25) is 0 Å². The molecule has 0 aliphatic carbocycles. The van der Waals surface area contributed by atoms with Gasteiger partial charge in [-0.3, -0.25) is 9.69 Å². The number of fused-ring (bicyclic) bond motifs is 1. The van der Waals surface area contributed by atoms with Crippen LogP contribution in [0.5, 0.6) is 0 Å². The zero-order chi connectivity index (χ0) is 18.7. The minimum Gasteiger partial charge on any atom is -0.288 e. The Balaban J connectivity index is 1.84. The van der Waals surface area contributed by atoms with Crippen molar-refractivity contribution in [3.63, 3.8) is 0 Å². The average Bonchev–Trinajstić information content (AvgIpc) is 2.64. The fourth-order valence-corrected chi connectivity index (χ4v) is 2.67. The minimum atomic E-state index is -4.40. The summed E-state index contributed by atoms with van der Waals surface area (Å²) >= 11 is 0. The molecule has 0 spiro atoms. The van der Waals surface area contributed by atoms with Gasteiger partial charge in [0, 0.05) is 6.08 Å². The molecule has 3 nitrogen and oxygen atoms in total. The molecule has 0 radical (unpaired) electrons. The van der Waals surface area contributed by atoms with E-state index in [1.54, 1.807) is 24.3 Å². The summed E-state index contributed by atoms with van der Waals surface area (Å²) in [6.07, 6.45) is 1.70. The second-order valence-corrected chi connectivity index (χ2v) is 5.65. The number of halogens is 3. The second kappa shape index (κ2) is 6.89. The van der Waals surface area contributed by atoms with E-state index in [1.165, 1.54) is 29.2 Å². The molecular weight excluding hydrogens is 341 g/mol. The maximum Gasteiger partial charge on any atom is 0.416 e. The van der Waals surface area contributed by atoms with Gasteiger partial charge in [0.15, 0.2) is 0 Å². The summed E-state index contributed by atoms with van der Waals surface area (Å²) < 4.78 is 37.8. The number of hydrogen-bond donors (Lipinski definition) is 0. The highest BCUT2D eigenvalue weighted by Gasteiger charge is 2.30. The number of rotatable bonds is 2. The van der Waals surface area contributed by atoms with Gasteiger partial charge in [-0.1, -0.05) is 36.4 Å². The van der Waals surface area contributed by atoms with E-state index in [0.29, 0.717) is 11.3 Å². The number of benzene rings is 2. The van der Waals surface area contributed by atoms with E-state index in [4.69, 9.17) is 0 Å². The molecule has 0 saturated carbocycles. The first-order chi connectivity index (χ1) is 12.4. The quantitative estimate of drug-likeness (QED) is 0.736. The number of carbonyl (C=O) groups is 1. The zero-order valence-corrected chi connectivity index (χ0v) is 13.4. The molecule has 0 saturated heterocycles. The van der Waals surface area contributed by atoms with Crippen molar-refractivity contribution >= 4 is 23.7 Å². The number of nitrogens with zero attached hydrogens (tertiary/aromatic N) is 2. The molecule has 1 aliphatic rings. The number of carbonyl (C=O) groups excluding carboxylic acids is 1. The summed E-state index contributed by atoms with van der Waals surface area (Å²) in [6.45, 7) is 0. The number of alkyl halides is 3. The summed E-state index contributed by atoms with van der Waals surface area (Å²) in [5, 5.41) is 9.30. The van der Waals surface area contributed by atoms with E-state index >= 15 is 0 Å². The molecule has 1 unspecified atom stereocenters. The molecule has 0 N–H and O–H groups in total. The molecule has 2 aromatic carbocycles. The predicted octanol–water partition coefficient (Wildman–Crippen LogP) is 4.67. The van der Waals surface area contributed by atoms with Gasteiger partial charge in [0.1, 0.15) is 6.04 Å². The van der Waals surface area contributed by atoms with Crippen molar-refractivity contribution in [1.29, 1.82) is 5.26 Å². The smallest absolute Gasteiger partial charge is 0.288 e. The Morgan fingerprint density at radius 2 is 1.81 bits per heavy atom. The Morgan fingerprint density at radius 3 is 2.46 bits per heavy atom. The lowest BCUT2D eigenvalue weighted by molar-refractivity contribution is -0.137. The maximum absolute atomic E-state index is 12.6. The molecule has 0 fully saturated rings. The number of para-hydroxylation sites is 1. The summed E-state index contributed by atoms with van der Waals surface area (Å²) in [5.74, 6) is -0.423. The van der Waals surface area contributed by atoms with Gasteiger partial charge in [0.25, 0.3) is 5.91 Å². The van der Waals surface area contributed by atoms with Gasteiger partial charge < -0.3 is 0 Å². The third-order valence-corrected chi connectivity index (χ3v) is 3.96. The molecule has 1 aliphatic heterocycles. The Labute approximate surface area is 148 Å². The van der Waals surface area contributed by atoms with Gasteiger partial charge in [-0.15, -0.1) is 0 Å². The van der Waals surface area contributed by atoms with Gasteiger partial charge in [0.05, 0.1) is 17.3 Å². The molecule has 130 valence electrons. The molecule has 6 heteroatoms. The lowest BCUT2D eigenvalue weighted by Crippen LogP contribution is -2.39. The van der Waals surface area contributed by atoms with Gasteiger partial charge in [0.2, 0.25) is 0 Å². The fraction of sp³-hybridized carbons (Fsp3) is 0.100. The minimum absolute atomic E-state index is 0.423. The average molecular weight is 354 g/mol. The Kier molecular flexibility index (Phi) is 4.63. The van der Waals surface area contributed by atoms with E-state index in [1.807, 2.05) is 12.1 Å². The van der Waals surface area contributed by atoms with E-state index in [-0.39, 0.29) is 0 Å². The first kappa shape index (κ1) is 17.5. The number of anilines is 1. The third kappa shape index (κ3) is 3.52. The molecule has 1 heterocycles. The molecule has 1 atom stereocenters. The van der Waals surface area contributed by atoms with E-state index in [2.05, 4.69) is 6.07 Å². The monoisotopic (exact) mass is 354 g/mol. The van der Waals surface area contributed by atoms with Crippen molar-refractivity contribution in [1.82, 2.24) is 0 Å². The molecule has 0 bridgehead atoms. The third-order valence-electron chi connectivity index (χ3n) is 3.96. The van der Waals surface area contributed by atoms with Crippen molar-refractivity contribution in [2.24, 2.45) is 0 Å². The normalized spacial score (nSPS) is 16.4. The molecule has 1 amide bonds. The molecule has 26 heavy (non-hydrogen) atoms. The highest BCUT2D eigenvalue weighted by atomic mass is 19.4. The first-order valence-corrected chi connectivity index (χ1v) is 7.75.